The standard InChI is InChI=1S/C23H27N5O2.C16H12BrN3O2.C7H16N2/c1-15-12-21(29)26-20-9-8-16(13-19(15)20)25-23(30)18-7-4-10-24-22(18)28-11-5-6-17(28)14-27(2)3;1-9-7-14(21)20-13-5-4-10(8-12(9)13)19-16(22)11-3-2-6-18-15(11)17;1-9(2)6-7-4-3-5-8-7/h4,7-10,12-13,17H,5-6,11,14H2,1-3H3,(H,25,30)(H,26,29);2-8H,1H3,(H,19,22)(H,20,21);7-8H,3-6H2,1-2H3. The average Bonchev–Trinajstić information content (AvgIpc) is 3.91. The fourth-order valence-corrected chi connectivity index (χ4v) is 8.27. The minimum atomic E-state index is -0.249. The Morgan fingerprint density at radius 3 is 1.84 bits per heavy atom. The second-order valence-electron chi connectivity index (χ2n) is 16.1. The minimum absolute atomic E-state index is 0.130. The number of benzene rings is 2. The van der Waals surface area contributed by atoms with E-state index >= 15 is 0 Å². The number of hydrogen-bond donors (Lipinski definition) is 5. The van der Waals surface area contributed by atoms with Crippen LogP contribution < -0.4 is 32.0 Å². The van der Waals surface area contributed by atoms with Gasteiger partial charge in [0.15, 0.2) is 0 Å². The summed E-state index contributed by atoms with van der Waals surface area (Å²) in [6, 6.07) is 22.1. The lowest BCUT2D eigenvalue weighted by atomic mass is 10.1. The highest BCUT2D eigenvalue weighted by Gasteiger charge is 2.29. The quantitative estimate of drug-likeness (QED) is 0.100. The molecule has 2 aliphatic heterocycles. The first-order chi connectivity index (χ1) is 29.2. The van der Waals surface area contributed by atoms with Gasteiger partial charge in [-0.3, -0.25) is 19.2 Å². The molecular formula is C46H55BrN10O4. The van der Waals surface area contributed by atoms with Gasteiger partial charge in [0.05, 0.1) is 11.1 Å². The molecule has 0 radical (unpaired) electrons. The van der Waals surface area contributed by atoms with Gasteiger partial charge in [-0.1, -0.05) is 0 Å². The van der Waals surface area contributed by atoms with E-state index < -0.39 is 0 Å². The Bertz CT molecular complexity index is 2600. The van der Waals surface area contributed by atoms with Crippen molar-refractivity contribution in [3.8, 4) is 0 Å². The van der Waals surface area contributed by atoms with E-state index in [2.05, 4.69) is 94.7 Å². The highest BCUT2D eigenvalue weighted by molar-refractivity contribution is 9.10. The number of aryl methyl sites for hydroxylation is 2. The van der Waals surface area contributed by atoms with Crippen molar-refractivity contribution < 1.29 is 9.59 Å². The van der Waals surface area contributed by atoms with Gasteiger partial charge in [-0.25, -0.2) is 9.97 Å². The van der Waals surface area contributed by atoms with Gasteiger partial charge < -0.3 is 40.6 Å². The zero-order chi connectivity index (χ0) is 43.6. The maximum absolute atomic E-state index is 13.1. The van der Waals surface area contributed by atoms with Crippen LogP contribution in [0.5, 0.6) is 0 Å². The number of anilines is 3. The predicted octanol–water partition coefficient (Wildman–Crippen LogP) is 6.56. The SMILES string of the molecule is CN(C)CC1CCCN1.Cc1cc(=O)[nH]c2ccc(NC(=O)c3cccnc3Br)cc12.Cc1cc(=O)[nH]c2ccc(NC(=O)c3cccnc3N3CCCC3CN(C)C)cc12. The van der Waals surface area contributed by atoms with Gasteiger partial charge >= 0.3 is 0 Å². The highest BCUT2D eigenvalue weighted by Crippen LogP contribution is 2.28. The van der Waals surface area contributed by atoms with Gasteiger partial charge in [0.1, 0.15) is 10.4 Å². The zero-order valence-electron chi connectivity index (χ0n) is 35.6. The molecule has 8 rings (SSSR count). The number of likely N-dealkylation sites (N-methyl/N-ethyl adjacent to an activating group) is 2. The number of H-pyrrole nitrogens is 2. The van der Waals surface area contributed by atoms with E-state index in [0.29, 0.717) is 33.1 Å². The summed E-state index contributed by atoms with van der Waals surface area (Å²) in [4.78, 5) is 69.4. The van der Waals surface area contributed by atoms with E-state index in [0.717, 1.165) is 70.7 Å². The van der Waals surface area contributed by atoms with Crippen LogP contribution in [-0.4, -0.2) is 108 Å². The zero-order valence-corrected chi connectivity index (χ0v) is 37.2. The molecule has 14 nitrogen and oxygen atoms in total. The number of carbonyl (C=O) groups excluding carboxylic acids is 2. The Balaban J connectivity index is 0.000000175. The average molecular weight is 892 g/mol. The third-order valence-corrected chi connectivity index (χ3v) is 11.3. The number of nitrogens with zero attached hydrogens (tertiary/aromatic N) is 5. The fraction of sp³-hybridized carbons (Fsp3) is 0.348. The van der Waals surface area contributed by atoms with E-state index in [4.69, 9.17) is 0 Å². The second kappa shape index (κ2) is 20.7. The lowest BCUT2D eigenvalue weighted by molar-refractivity contribution is 0.101. The molecule has 2 fully saturated rings. The number of rotatable bonds is 9. The van der Waals surface area contributed by atoms with E-state index in [9.17, 15) is 19.2 Å². The van der Waals surface area contributed by atoms with Gasteiger partial charge in [0.25, 0.3) is 11.8 Å². The second-order valence-corrected chi connectivity index (χ2v) is 16.8. The molecule has 2 amide bonds. The van der Waals surface area contributed by atoms with Gasteiger partial charge in [0, 0.05) is 89.4 Å². The molecule has 61 heavy (non-hydrogen) atoms. The van der Waals surface area contributed by atoms with Crippen LogP contribution in [0.1, 0.15) is 57.5 Å². The van der Waals surface area contributed by atoms with Crippen LogP contribution in [0.3, 0.4) is 0 Å². The summed E-state index contributed by atoms with van der Waals surface area (Å²) in [5, 5.41) is 11.1. The van der Waals surface area contributed by atoms with E-state index in [1.807, 2.05) is 38.1 Å². The molecule has 0 spiro atoms. The van der Waals surface area contributed by atoms with Crippen LogP contribution in [0.2, 0.25) is 0 Å². The van der Waals surface area contributed by atoms with Crippen molar-refractivity contribution in [3.63, 3.8) is 0 Å². The van der Waals surface area contributed by atoms with Crippen LogP contribution in [0.15, 0.2) is 99.4 Å². The van der Waals surface area contributed by atoms with Crippen LogP contribution in [0.4, 0.5) is 17.2 Å². The Morgan fingerprint density at radius 1 is 0.738 bits per heavy atom. The van der Waals surface area contributed by atoms with Crippen LogP contribution in [0, 0.1) is 13.8 Å². The molecule has 0 saturated carbocycles. The van der Waals surface area contributed by atoms with E-state index in [1.54, 1.807) is 54.9 Å². The Kier molecular flexibility index (Phi) is 15.2. The number of hydrogen-bond acceptors (Lipinski definition) is 10. The van der Waals surface area contributed by atoms with Crippen molar-refractivity contribution in [1.29, 1.82) is 0 Å². The first kappa shape index (κ1) is 44.8. The third-order valence-electron chi connectivity index (χ3n) is 10.6. The molecule has 2 unspecified atom stereocenters. The first-order valence-electron chi connectivity index (χ1n) is 20.5. The number of carbonyl (C=O) groups is 2. The Labute approximate surface area is 364 Å². The molecule has 2 atom stereocenters. The molecule has 15 heteroatoms. The number of amides is 2. The highest BCUT2D eigenvalue weighted by atomic mass is 79.9. The molecule has 320 valence electrons. The van der Waals surface area contributed by atoms with Crippen molar-refractivity contribution >= 4 is 66.7 Å². The lowest BCUT2D eigenvalue weighted by Crippen LogP contribution is -2.39. The number of aromatic nitrogens is 4. The topological polar surface area (TPSA) is 171 Å². The summed E-state index contributed by atoms with van der Waals surface area (Å²) in [6.07, 6.45) is 8.26. The first-order valence-corrected chi connectivity index (χ1v) is 21.3. The molecule has 5 N–H and O–H groups in total. The smallest absolute Gasteiger partial charge is 0.259 e. The molecule has 0 aliphatic carbocycles. The molecular weight excluding hydrogens is 836 g/mol. The number of aromatic amines is 2. The summed E-state index contributed by atoms with van der Waals surface area (Å²) in [5.41, 5.74) is 5.33. The van der Waals surface area contributed by atoms with Gasteiger partial charge in [-0.15, -0.1) is 0 Å². The molecule has 2 aromatic carbocycles. The fourth-order valence-electron chi connectivity index (χ4n) is 7.84. The van der Waals surface area contributed by atoms with Gasteiger partial charge in [-0.05, 0) is 162 Å². The third kappa shape index (κ3) is 12.0. The number of fused-ring (bicyclic) bond motifs is 2. The molecule has 6 heterocycles. The van der Waals surface area contributed by atoms with E-state index in [1.165, 1.54) is 32.0 Å². The summed E-state index contributed by atoms with van der Waals surface area (Å²) in [5.74, 6) is 0.303. The van der Waals surface area contributed by atoms with Crippen molar-refractivity contribution in [2.75, 3.05) is 69.9 Å². The molecule has 4 aromatic heterocycles. The van der Waals surface area contributed by atoms with Crippen molar-refractivity contribution in [2.24, 2.45) is 0 Å². The maximum Gasteiger partial charge on any atom is 0.259 e. The molecule has 2 aliphatic rings. The van der Waals surface area contributed by atoms with Crippen molar-refractivity contribution in [1.82, 2.24) is 35.1 Å². The molecule has 0 bridgehead atoms. The van der Waals surface area contributed by atoms with Crippen molar-refractivity contribution in [2.45, 2.75) is 51.6 Å². The lowest BCUT2D eigenvalue weighted by Gasteiger charge is -2.29. The monoisotopic (exact) mass is 890 g/mol. The van der Waals surface area contributed by atoms with Gasteiger partial charge in [0.2, 0.25) is 11.1 Å². The normalized spacial score (nSPS) is 16.0. The Morgan fingerprint density at radius 2 is 1.30 bits per heavy atom. The van der Waals surface area contributed by atoms with E-state index in [-0.39, 0.29) is 22.9 Å². The summed E-state index contributed by atoms with van der Waals surface area (Å²) in [6.45, 7) is 8.00. The van der Waals surface area contributed by atoms with Crippen LogP contribution in [0.25, 0.3) is 21.8 Å². The molecule has 6 aromatic rings. The summed E-state index contributed by atoms with van der Waals surface area (Å²) >= 11 is 3.26. The number of pyridine rings is 4. The minimum Gasteiger partial charge on any atom is -0.352 e. The number of halogens is 1. The Hall–Kier alpha value is -5.74. The van der Waals surface area contributed by atoms with Crippen LogP contribution in [-0.2, 0) is 0 Å². The molecule has 2 saturated heterocycles. The predicted molar refractivity (Wildman–Crippen MR) is 249 cm³/mol. The summed E-state index contributed by atoms with van der Waals surface area (Å²) < 4.78 is 0.494. The van der Waals surface area contributed by atoms with Crippen molar-refractivity contribution in [3.05, 3.63) is 133 Å². The van der Waals surface area contributed by atoms with Crippen LogP contribution >= 0.6 is 15.9 Å². The van der Waals surface area contributed by atoms with Gasteiger partial charge in [-0.2, -0.15) is 0 Å². The number of nitrogens with one attached hydrogen (secondary N) is 5. The largest absolute Gasteiger partial charge is 0.352 e. The maximum atomic E-state index is 13.1. The summed E-state index contributed by atoms with van der Waals surface area (Å²) in [7, 11) is 8.38.